The molecule has 0 aliphatic rings. The molecule has 0 bridgehead atoms. The lowest BCUT2D eigenvalue weighted by Crippen LogP contribution is -2.16. The largest absolute Gasteiger partial charge is 0.255 e. The Balaban J connectivity index is 1.67. The molecule has 0 fully saturated rings. The number of aromatic nitrogens is 3. The van der Waals surface area contributed by atoms with E-state index >= 15 is 0 Å². The molecule has 1 aromatic heterocycles. The van der Waals surface area contributed by atoms with Gasteiger partial charge in [-0.3, -0.25) is 0 Å². The molecule has 1 N–H and O–H groups in total. The minimum absolute atomic E-state index is 0.0117. The summed E-state index contributed by atoms with van der Waals surface area (Å²) in [5.74, 6) is -0.509. The molecule has 0 aliphatic heterocycles. The monoisotopic (exact) mass is 346 g/mol. The Labute approximate surface area is 139 Å². The van der Waals surface area contributed by atoms with Crippen molar-refractivity contribution < 1.29 is 12.8 Å². The molecule has 0 atom stereocenters. The van der Waals surface area contributed by atoms with Crippen LogP contribution in [-0.2, 0) is 22.3 Å². The average Bonchev–Trinajstić information content (AvgIpc) is 2.94. The van der Waals surface area contributed by atoms with Crippen molar-refractivity contribution in [2.75, 3.05) is 4.72 Å². The molecule has 1 heterocycles. The van der Waals surface area contributed by atoms with Gasteiger partial charge in [0.1, 0.15) is 12.1 Å². The van der Waals surface area contributed by atoms with Gasteiger partial charge in [-0.15, -0.1) is 5.10 Å². The molecular formula is C16H15FN4O2S. The Morgan fingerprint density at radius 2 is 1.79 bits per heavy atom. The fraction of sp³-hybridized carbons (Fsp3) is 0.125. The van der Waals surface area contributed by atoms with Crippen molar-refractivity contribution >= 4 is 16.0 Å². The molecule has 0 spiro atoms. The SMILES string of the molecule is O=S(=O)(Cc1ccccc1)Nc1ncn(Cc2cccc(F)c2)n1. The van der Waals surface area contributed by atoms with Gasteiger partial charge in [-0.1, -0.05) is 42.5 Å². The normalized spacial score (nSPS) is 11.4. The number of nitrogens with one attached hydrogen (secondary N) is 1. The van der Waals surface area contributed by atoms with E-state index in [1.165, 1.54) is 23.1 Å². The highest BCUT2D eigenvalue weighted by molar-refractivity contribution is 7.91. The van der Waals surface area contributed by atoms with Gasteiger partial charge in [0.05, 0.1) is 12.3 Å². The van der Waals surface area contributed by atoms with Gasteiger partial charge in [-0.05, 0) is 23.3 Å². The number of halogens is 1. The van der Waals surface area contributed by atoms with Crippen LogP contribution >= 0.6 is 0 Å². The Bertz CT molecular complexity index is 926. The molecule has 8 heteroatoms. The smallest absolute Gasteiger partial charge is 0.250 e. The summed E-state index contributed by atoms with van der Waals surface area (Å²) in [7, 11) is -3.60. The molecule has 2 aromatic carbocycles. The summed E-state index contributed by atoms with van der Waals surface area (Å²) >= 11 is 0. The number of sulfonamides is 1. The highest BCUT2D eigenvalue weighted by Gasteiger charge is 2.14. The standard InChI is InChI=1S/C16H15FN4O2S/c17-15-8-4-7-14(9-15)10-21-12-18-16(19-21)20-24(22,23)11-13-5-2-1-3-6-13/h1-9,12H,10-11H2,(H,19,20). The third-order valence-electron chi connectivity index (χ3n) is 3.22. The van der Waals surface area contributed by atoms with Gasteiger partial charge in [0.25, 0.3) is 5.95 Å². The second-order valence-corrected chi connectivity index (χ2v) is 6.96. The number of nitrogens with zero attached hydrogens (tertiary/aromatic N) is 3. The van der Waals surface area contributed by atoms with E-state index in [0.717, 1.165) is 0 Å². The maximum atomic E-state index is 13.2. The lowest BCUT2D eigenvalue weighted by Gasteiger charge is -2.04. The van der Waals surface area contributed by atoms with E-state index in [1.54, 1.807) is 36.4 Å². The third kappa shape index (κ3) is 4.39. The summed E-state index contributed by atoms with van der Waals surface area (Å²) in [4.78, 5) is 3.93. The number of anilines is 1. The predicted octanol–water partition coefficient (Wildman–Crippen LogP) is 2.41. The van der Waals surface area contributed by atoms with E-state index in [1.807, 2.05) is 6.07 Å². The van der Waals surface area contributed by atoms with E-state index in [4.69, 9.17) is 0 Å². The Morgan fingerprint density at radius 1 is 1.04 bits per heavy atom. The zero-order valence-electron chi connectivity index (χ0n) is 12.6. The Kier molecular flexibility index (Phi) is 4.57. The molecule has 0 radical (unpaired) electrons. The van der Waals surface area contributed by atoms with Gasteiger partial charge in [-0.25, -0.2) is 22.2 Å². The lowest BCUT2D eigenvalue weighted by atomic mass is 10.2. The molecule has 3 aromatic rings. The van der Waals surface area contributed by atoms with Crippen molar-refractivity contribution in [1.29, 1.82) is 0 Å². The summed E-state index contributed by atoms with van der Waals surface area (Å²) in [5.41, 5.74) is 1.38. The van der Waals surface area contributed by atoms with Gasteiger partial charge in [0.2, 0.25) is 10.0 Å². The van der Waals surface area contributed by atoms with E-state index in [9.17, 15) is 12.8 Å². The molecular weight excluding hydrogens is 331 g/mol. The minimum atomic E-state index is -3.60. The average molecular weight is 346 g/mol. The maximum absolute atomic E-state index is 13.2. The lowest BCUT2D eigenvalue weighted by molar-refractivity contribution is 0.599. The van der Waals surface area contributed by atoms with Crippen LogP contribution in [-0.4, -0.2) is 23.2 Å². The third-order valence-corrected chi connectivity index (χ3v) is 4.42. The first-order chi connectivity index (χ1) is 11.5. The van der Waals surface area contributed by atoms with Crippen molar-refractivity contribution in [3.8, 4) is 0 Å². The highest BCUT2D eigenvalue weighted by atomic mass is 32.2. The number of hydrogen-bond donors (Lipinski definition) is 1. The minimum Gasteiger partial charge on any atom is -0.250 e. The number of benzene rings is 2. The fourth-order valence-corrected chi connectivity index (χ4v) is 3.28. The zero-order chi connectivity index (χ0) is 17.0. The van der Waals surface area contributed by atoms with Gasteiger partial charge in [0.15, 0.2) is 0 Å². The molecule has 0 aliphatic carbocycles. The first-order valence-corrected chi connectivity index (χ1v) is 8.84. The van der Waals surface area contributed by atoms with Crippen molar-refractivity contribution in [3.05, 3.63) is 77.9 Å². The van der Waals surface area contributed by atoms with Crippen LogP contribution in [0.5, 0.6) is 0 Å². The molecule has 0 saturated carbocycles. The topological polar surface area (TPSA) is 76.9 Å². The molecule has 3 rings (SSSR count). The number of rotatable bonds is 6. The summed E-state index contributed by atoms with van der Waals surface area (Å²) in [5, 5.41) is 4.05. The zero-order valence-corrected chi connectivity index (χ0v) is 13.4. The summed E-state index contributed by atoms with van der Waals surface area (Å²) in [6.07, 6.45) is 1.39. The van der Waals surface area contributed by atoms with Crippen LogP contribution in [0.2, 0.25) is 0 Å². The molecule has 24 heavy (non-hydrogen) atoms. The van der Waals surface area contributed by atoms with E-state index in [0.29, 0.717) is 17.7 Å². The van der Waals surface area contributed by atoms with Crippen LogP contribution in [0.4, 0.5) is 10.3 Å². The molecule has 0 amide bonds. The van der Waals surface area contributed by atoms with Crippen molar-refractivity contribution in [2.24, 2.45) is 0 Å². The van der Waals surface area contributed by atoms with Crippen molar-refractivity contribution in [3.63, 3.8) is 0 Å². The Hall–Kier alpha value is -2.74. The first kappa shape index (κ1) is 16.1. The first-order valence-electron chi connectivity index (χ1n) is 7.18. The number of hydrogen-bond acceptors (Lipinski definition) is 4. The maximum Gasteiger partial charge on any atom is 0.255 e. The fourth-order valence-electron chi connectivity index (χ4n) is 2.21. The highest BCUT2D eigenvalue weighted by Crippen LogP contribution is 2.10. The van der Waals surface area contributed by atoms with E-state index in [2.05, 4.69) is 14.8 Å². The van der Waals surface area contributed by atoms with E-state index in [-0.39, 0.29) is 17.5 Å². The second kappa shape index (κ2) is 6.79. The summed E-state index contributed by atoms with van der Waals surface area (Å²) < 4.78 is 41.2. The van der Waals surface area contributed by atoms with Gasteiger partial charge < -0.3 is 0 Å². The van der Waals surface area contributed by atoms with Crippen molar-refractivity contribution in [1.82, 2.24) is 14.8 Å². The van der Waals surface area contributed by atoms with Crippen LogP contribution in [0.1, 0.15) is 11.1 Å². The summed E-state index contributed by atoms with van der Waals surface area (Å²) in [6, 6.07) is 14.9. The quantitative estimate of drug-likeness (QED) is 0.743. The van der Waals surface area contributed by atoms with Crippen LogP contribution in [0.3, 0.4) is 0 Å². The van der Waals surface area contributed by atoms with Crippen molar-refractivity contribution in [2.45, 2.75) is 12.3 Å². The van der Waals surface area contributed by atoms with E-state index < -0.39 is 10.0 Å². The van der Waals surface area contributed by atoms with Gasteiger partial charge >= 0.3 is 0 Å². The van der Waals surface area contributed by atoms with Gasteiger partial charge in [-0.2, -0.15) is 4.98 Å². The summed E-state index contributed by atoms with van der Waals surface area (Å²) in [6.45, 7) is 0.297. The molecule has 6 nitrogen and oxygen atoms in total. The molecule has 0 saturated heterocycles. The van der Waals surface area contributed by atoms with Crippen LogP contribution in [0.25, 0.3) is 0 Å². The van der Waals surface area contributed by atoms with Crippen LogP contribution in [0.15, 0.2) is 60.9 Å². The van der Waals surface area contributed by atoms with Crippen LogP contribution in [0, 0.1) is 5.82 Å². The second-order valence-electron chi connectivity index (χ2n) is 5.24. The van der Waals surface area contributed by atoms with Crippen LogP contribution < -0.4 is 4.72 Å². The molecule has 0 unspecified atom stereocenters. The Morgan fingerprint density at radius 3 is 2.54 bits per heavy atom. The van der Waals surface area contributed by atoms with Gasteiger partial charge in [0, 0.05) is 0 Å². The predicted molar refractivity (Wildman–Crippen MR) is 88.2 cm³/mol. The molecule has 124 valence electrons.